The summed E-state index contributed by atoms with van der Waals surface area (Å²) in [5, 5.41) is 16.9. The number of hydrogen-bond donors (Lipinski definition) is 2. The zero-order valence-corrected chi connectivity index (χ0v) is 11.1. The Labute approximate surface area is 108 Å². The fraction of sp³-hybridized carbons (Fsp3) is 0.750. The zero-order chi connectivity index (χ0) is 13.2. The topological polar surface area (TPSA) is 68.5 Å². The van der Waals surface area contributed by atoms with Crippen LogP contribution in [-0.4, -0.2) is 61.0 Å². The van der Waals surface area contributed by atoms with Crippen molar-refractivity contribution in [3.63, 3.8) is 0 Å². The van der Waals surface area contributed by atoms with Crippen molar-refractivity contribution in [2.24, 2.45) is 7.05 Å². The molecule has 104 valence electrons. The summed E-state index contributed by atoms with van der Waals surface area (Å²) in [6, 6.07) is 0. The first-order valence-corrected chi connectivity index (χ1v) is 6.15. The van der Waals surface area contributed by atoms with Crippen molar-refractivity contribution in [3.8, 4) is 0 Å². The van der Waals surface area contributed by atoms with Crippen LogP contribution in [0, 0.1) is 0 Å². The first kappa shape index (κ1) is 15.1. The third-order valence-electron chi connectivity index (χ3n) is 2.47. The summed E-state index contributed by atoms with van der Waals surface area (Å²) in [6.45, 7) is 2.77. The molecular formula is C12H23N3O3. The van der Waals surface area contributed by atoms with Crippen LogP contribution in [0.5, 0.6) is 0 Å². The molecule has 2 N–H and O–H groups in total. The van der Waals surface area contributed by atoms with E-state index in [0.29, 0.717) is 26.4 Å². The van der Waals surface area contributed by atoms with E-state index in [1.165, 1.54) is 5.56 Å². The van der Waals surface area contributed by atoms with Crippen molar-refractivity contribution in [3.05, 3.63) is 18.0 Å². The summed E-state index contributed by atoms with van der Waals surface area (Å²) < 4.78 is 11.9. The molecule has 1 atom stereocenters. The number of nitrogens with zero attached hydrogens (tertiary/aromatic N) is 2. The van der Waals surface area contributed by atoms with Gasteiger partial charge in [0.2, 0.25) is 0 Å². The highest BCUT2D eigenvalue weighted by Gasteiger charge is 2.03. The smallest absolute Gasteiger partial charge is 0.0897 e. The van der Waals surface area contributed by atoms with Crippen LogP contribution in [-0.2, 0) is 22.9 Å². The van der Waals surface area contributed by atoms with E-state index in [-0.39, 0.29) is 0 Å². The molecule has 0 bridgehead atoms. The summed E-state index contributed by atoms with van der Waals surface area (Å²) in [6.07, 6.45) is 4.28. The van der Waals surface area contributed by atoms with Crippen LogP contribution in [0.25, 0.3) is 0 Å². The van der Waals surface area contributed by atoms with Gasteiger partial charge in [-0.15, -0.1) is 0 Å². The molecular weight excluding hydrogens is 234 g/mol. The summed E-state index contributed by atoms with van der Waals surface area (Å²) in [5.74, 6) is 0. The lowest BCUT2D eigenvalue weighted by Crippen LogP contribution is -2.32. The Morgan fingerprint density at radius 1 is 1.50 bits per heavy atom. The van der Waals surface area contributed by atoms with Gasteiger partial charge in [-0.2, -0.15) is 5.10 Å². The van der Waals surface area contributed by atoms with Gasteiger partial charge in [0.15, 0.2) is 0 Å². The standard InChI is InChI=1S/C12H23N3O3/c1-15-9-11(7-14-15)3-4-13-8-12(16)10-18-6-5-17-2/h7,9,12-13,16H,3-6,8,10H2,1-2H3. The number of aryl methyl sites for hydroxylation is 1. The highest BCUT2D eigenvalue weighted by Crippen LogP contribution is 1.96. The lowest BCUT2D eigenvalue weighted by molar-refractivity contribution is 0.0139. The van der Waals surface area contributed by atoms with Gasteiger partial charge in [0.05, 0.1) is 32.1 Å². The monoisotopic (exact) mass is 257 g/mol. The van der Waals surface area contributed by atoms with Crippen LogP contribution < -0.4 is 5.32 Å². The molecule has 0 saturated heterocycles. The van der Waals surface area contributed by atoms with Gasteiger partial charge in [-0.1, -0.05) is 0 Å². The zero-order valence-electron chi connectivity index (χ0n) is 11.1. The molecule has 1 rings (SSSR count). The van der Waals surface area contributed by atoms with Crippen LogP contribution in [0.4, 0.5) is 0 Å². The van der Waals surface area contributed by atoms with Crippen LogP contribution in [0.1, 0.15) is 5.56 Å². The Kier molecular flexibility index (Phi) is 7.59. The van der Waals surface area contributed by atoms with E-state index < -0.39 is 6.10 Å². The first-order valence-electron chi connectivity index (χ1n) is 6.15. The van der Waals surface area contributed by atoms with Gasteiger partial charge in [-0.25, -0.2) is 0 Å². The Balaban J connectivity index is 1.96. The van der Waals surface area contributed by atoms with Gasteiger partial charge in [-0.3, -0.25) is 4.68 Å². The Morgan fingerprint density at radius 2 is 2.33 bits per heavy atom. The molecule has 0 spiro atoms. The molecule has 1 aromatic heterocycles. The van der Waals surface area contributed by atoms with E-state index >= 15 is 0 Å². The number of nitrogens with one attached hydrogen (secondary N) is 1. The van der Waals surface area contributed by atoms with Gasteiger partial charge in [-0.05, 0) is 18.5 Å². The Morgan fingerprint density at radius 3 is 3.00 bits per heavy atom. The SMILES string of the molecule is COCCOCC(O)CNCCc1cnn(C)c1. The molecule has 6 nitrogen and oxygen atoms in total. The normalized spacial score (nSPS) is 12.8. The van der Waals surface area contributed by atoms with Gasteiger partial charge >= 0.3 is 0 Å². The second-order valence-corrected chi connectivity index (χ2v) is 4.20. The maximum absolute atomic E-state index is 9.61. The third kappa shape index (κ3) is 6.70. The van der Waals surface area contributed by atoms with Crippen molar-refractivity contribution in [1.29, 1.82) is 0 Å². The molecule has 18 heavy (non-hydrogen) atoms. The predicted molar refractivity (Wildman–Crippen MR) is 68.5 cm³/mol. The predicted octanol–water partition coefficient (Wildman–Crippen LogP) is -0.424. The van der Waals surface area contributed by atoms with E-state index in [0.717, 1.165) is 13.0 Å². The highest BCUT2D eigenvalue weighted by atomic mass is 16.5. The second kappa shape index (κ2) is 9.04. The van der Waals surface area contributed by atoms with E-state index in [9.17, 15) is 5.11 Å². The maximum atomic E-state index is 9.61. The first-order chi connectivity index (χ1) is 8.72. The summed E-state index contributed by atoms with van der Waals surface area (Å²) in [5.41, 5.74) is 1.19. The summed E-state index contributed by atoms with van der Waals surface area (Å²) >= 11 is 0. The molecule has 6 heteroatoms. The van der Waals surface area contributed by atoms with Crippen molar-refractivity contribution < 1.29 is 14.6 Å². The van der Waals surface area contributed by atoms with Crippen LogP contribution in [0.3, 0.4) is 0 Å². The minimum Gasteiger partial charge on any atom is -0.389 e. The molecule has 0 aliphatic heterocycles. The number of methoxy groups -OCH3 is 1. The quantitative estimate of drug-likeness (QED) is 0.557. The molecule has 0 fully saturated rings. The van der Waals surface area contributed by atoms with E-state index in [1.54, 1.807) is 11.8 Å². The summed E-state index contributed by atoms with van der Waals surface area (Å²) in [4.78, 5) is 0. The van der Waals surface area contributed by atoms with Crippen molar-refractivity contribution in [1.82, 2.24) is 15.1 Å². The van der Waals surface area contributed by atoms with Crippen molar-refractivity contribution >= 4 is 0 Å². The number of aliphatic hydroxyl groups excluding tert-OH is 1. The molecule has 0 amide bonds. The number of aromatic nitrogens is 2. The minimum atomic E-state index is -0.476. The second-order valence-electron chi connectivity index (χ2n) is 4.20. The van der Waals surface area contributed by atoms with Gasteiger partial charge in [0.1, 0.15) is 0 Å². The number of rotatable bonds is 10. The molecule has 0 saturated carbocycles. The molecule has 1 heterocycles. The number of ether oxygens (including phenoxy) is 2. The molecule has 0 aromatic carbocycles. The van der Waals surface area contributed by atoms with Crippen molar-refractivity contribution in [2.75, 3.05) is 40.0 Å². The molecule has 1 unspecified atom stereocenters. The molecule has 0 aliphatic carbocycles. The van der Waals surface area contributed by atoms with Crippen LogP contribution in [0.2, 0.25) is 0 Å². The van der Waals surface area contributed by atoms with Crippen LogP contribution >= 0.6 is 0 Å². The lowest BCUT2D eigenvalue weighted by atomic mass is 10.2. The molecule has 1 aromatic rings. The Bertz CT molecular complexity index is 317. The number of aliphatic hydroxyl groups is 1. The van der Waals surface area contributed by atoms with Gasteiger partial charge in [0, 0.05) is 26.9 Å². The minimum absolute atomic E-state index is 0.337. The maximum Gasteiger partial charge on any atom is 0.0897 e. The van der Waals surface area contributed by atoms with E-state index in [2.05, 4.69) is 10.4 Å². The van der Waals surface area contributed by atoms with Crippen molar-refractivity contribution in [2.45, 2.75) is 12.5 Å². The molecule has 0 radical (unpaired) electrons. The average Bonchev–Trinajstić information content (AvgIpc) is 2.76. The summed E-state index contributed by atoms with van der Waals surface area (Å²) in [7, 11) is 3.53. The highest BCUT2D eigenvalue weighted by molar-refractivity contribution is 5.03. The van der Waals surface area contributed by atoms with E-state index in [4.69, 9.17) is 9.47 Å². The largest absolute Gasteiger partial charge is 0.389 e. The van der Waals surface area contributed by atoms with Gasteiger partial charge in [0.25, 0.3) is 0 Å². The average molecular weight is 257 g/mol. The lowest BCUT2D eigenvalue weighted by Gasteiger charge is -2.11. The Hall–Kier alpha value is -0.950. The number of hydrogen-bond acceptors (Lipinski definition) is 5. The molecule has 0 aliphatic rings. The van der Waals surface area contributed by atoms with Crippen LogP contribution in [0.15, 0.2) is 12.4 Å². The third-order valence-corrected chi connectivity index (χ3v) is 2.47. The van der Waals surface area contributed by atoms with E-state index in [1.807, 2.05) is 19.4 Å². The fourth-order valence-electron chi connectivity index (χ4n) is 1.52. The fourth-order valence-corrected chi connectivity index (χ4v) is 1.52. The van der Waals surface area contributed by atoms with Gasteiger partial charge < -0.3 is 19.9 Å².